The highest BCUT2D eigenvalue weighted by molar-refractivity contribution is 7.33. The highest BCUT2D eigenvalue weighted by atomic mass is 31.1. The lowest BCUT2D eigenvalue weighted by molar-refractivity contribution is -0.311. The van der Waals surface area contributed by atoms with Gasteiger partial charge in [0.15, 0.2) is 0 Å². The molecule has 0 N–H and O–H groups in total. The van der Waals surface area contributed by atoms with Gasteiger partial charge in [0, 0.05) is 7.11 Å². The van der Waals surface area contributed by atoms with Crippen molar-refractivity contribution >= 4 is 8.25 Å². The predicted octanol–water partition coefficient (Wildman–Crippen LogP) is 2.87. The second-order valence-electron chi connectivity index (χ2n) is 2.43. The number of alkyl halides is 7. The van der Waals surface area contributed by atoms with E-state index in [-0.39, 0.29) is 0 Å². The smallest absolute Gasteiger partial charge is 0.314 e. The molecular formula is C5H6F7O3P. The van der Waals surface area contributed by atoms with Gasteiger partial charge in [0.2, 0.25) is 0 Å². The Bertz CT molecular complexity index is 258. The van der Waals surface area contributed by atoms with Gasteiger partial charge >= 0.3 is 26.5 Å². The van der Waals surface area contributed by atoms with E-state index in [9.17, 15) is 35.3 Å². The molecule has 0 saturated carbocycles. The Morgan fingerprint density at radius 1 is 1.06 bits per heavy atom. The first-order valence-corrected chi connectivity index (χ1v) is 4.72. The Balaban J connectivity index is 4.83. The number of hydrogen-bond donors (Lipinski definition) is 0. The molecule has 0 aromatic heterocycles. The molecule has 98 valence electrons. The van der Waals surface area contributed by atoms with Gasteiger partial charge in [0.05, 0.1) is 0 Å². The van der Waals surface area contributed by atoms with Crippen molar-refractivity contribution in [3.05, 3.63) is 0 Å². The Labute approximate surface area is 85.5 Å². The minimum absolute atomic E-state index is 0.664. The summed E-state index contributed by atoms with van der Waals surface area (Å²) >= 11 is 0. The van der Waals surface area contributed by atoms with Crippen LogP contribution in [0.4, 0.5) is 30.7 Å². The van der Waals surface area contributed by atoms with Crippen LogP contribution in [0, 0.1) is 0 Å². The summed E-state index contributed by atoms with van der Waals surface area (Å²) < 4.78 is 102. The first-order chi connectivity index (χ1) is 7.07. The lowest BCUT2D eigenvalue weighted by Gasteiger charge is -2.27. The van der Waals surface area contributed by atoms with Crippen LogP contribution in [0.15, 0.2) is 0 Å². The van der Waals surface area contributed by atoms with Gasteiger partial charge in [-0.1, -0.05) is 0 Å². The van der Waals surface area contributed by atoms with E-state index >= 15 is 0 Å². The van der Waals surface area contributed by atoms with Crippen LogP contribution in [0.2, 0.25) is 0 Å². The zero-order chi connectivity index (χ0) is 13.1. The first-order valence-electron chi connectivity index (χ1n) is 3.49. The molecule has 0 aliphatic rings. The molecule has 0 aromatic rings. The largest absolute Gasteiger partial charge is 0.374 e. The summed E-state index contributed by atoms with van der Waals surface area (Å²) in [4.78, 5) is 0. The molecule has 0 aliphatic carbocycles. The van der Waals surface area contributed by atoms with Crippen LogP contribution in [0.3, 0.4) is 0 Å². The van der Waals surface area contributed by atoms with E-state index in [4.69, 9.17) is 0 Å². The van der Waals surface area contributed by atoms with Crippen molar-refractivity contribution in [3.63, 3.8) is 0 Å². The summed E-state index contributed by atoms with van der Waals surface area (Å²) in [7, 11) is -3.11. The number of halogens is 7. The van der Waals surface area contributed by atoms with Crippen LogP contribution < -0.4 is 0 Å². The van der Waals surface area contributed by atoms with E-state index in [0.717, 1.165) is 0 Å². The predicted molar refractivity (Wildman–Crippen MR) is 37.9 cm³/mol. The van der Waals surface area contributed by atoms with Crippen LogP contribution in [-0.2, 0) is 13.6 Å². The van der Waals surface area contributed by atoms with Gasteiger partial charge < -0.3 is 4.52 Å². The Morgan fingerprint density at radius 3 is 1.81 bits per heavy atom. The fourth-order valence-corrected chi connectivity index (χ4v) is 0.917. The number of hydrogen-bond acceptors (Lipinski definition) is 3. The molecule has 0 rings (SSSR count). The van der Waals surface area contributed by atoms with Crippen molar-refractivity contribution in [3.8, 4) is 0 Å². The highest BCUT2D eigenvalue weighted by Crippen LogP contribution is 2.45. The van der Waals surface area contributed by atoms with Crippen molar-refractivity contribution in [1.29, 1.82) is 0 Å². The minimum Gasteiger partial charge on any atom is -0.314 e. The summed E-state index contributed by atoms with van der Waals surface area (Å²) in [5.41, 5.74) is 0. The maximum absolute atomic E-state index is 12.4. The van der Waals surface area contributed by atoms with Gasteiger partial charge in [0.1, 0.15) is 0 Å². The molecule has 0 radical (unpaired) electrons. The van der Waals surface area contributed by atoms with E-state index in [1.54, 1.807) is 0 Å². The standard InChI is InChI=1S/C5H6F7O3P/c1-14-16(13)15-3(8)5(11,12)4(9,10)2(6)7/h2-3,16H,1H3. The SMILES string of the molecule is CO[PH](=O)OC(F)C(F)(F)C(F)(F)C(F)F. The van der Waals surface area contributed by atoms with E-state index < -0.39 is 32.9 Å². The highest BCUT2D eigenvalue weighted by Gasteiger charge is 2.68. The summed E-state index contributed by atoms with van der Waals surface area (Å²) in [5, 5.41) is 0. The average Bonchev–Trinajstić information content (AvgIpc) is 2.16. The number of rotatable bonds is 6. The zero-order valence-corrected chi connectivity index (χ0v) is 8.53. The molecule has 0 aliphatic heterocycles. The van der Waals surface area contributed by atoms with Gasteiger partial charge in [-0.15, -0.1) is 0 Å². The van der Waals surface area contributed by atoms with Crippen LogP contribution in [0.1, 0.15) is 0 Å². The molecule has 2 unspecified atom stereocenters. The average molecular weight is 278 g/mol. The van der Waals surface area contributed by atoms with E-state index in [2.05, 4.69) is 9.05 Å². The third kappa shape index (κ3) is 3.08. The molecule has 2 atom stereocenters. The van der Waals surface area contributed by atoms with E-state index in [1.807, 2.05) is 0 Å². The molecule has 0 fully saturated rings. The normalized spacial score (nSPS) is 17.6. The van der Waals surface area contributed by atoms with Crippen molar-refractivity contribution in [2.24, 2.45) is 0 Å². The topological polar surface area (TPSA) is 35.5 Å². The first kappa shape index (κ1) is 15.7. The lowest BCUT2D eigenvalue weighted by atomic mass is 10.2. The summed E-state index contributed by atoms with van der Waals surface area (Å²) in [5.74, 6) is -11.8. The Kier molecular flexibility index (Phi) is 5.21. The zero-order valence-electron chi connectivity index (χ0n) is 7.53. The van der Waals surface area contributed by atoms with Crippen molar-refractivity contribution in [2.75, 3.05) is 7.11 Å². The van der Waals surface area contributed by atoms with Crippen molar-refractivity contribution < 1.29 is 44.3 Å². The van der Waals surface area contributed by atoms with Gasteiger partial charge in [0.25, 0.3) is 6.36 Å². The maximum Gasteiger partial charge on any atom is 0.374 e. The molecule has 0 amide bonds. The van der Waals surface area contributed by atoms with Crippen molar-refractivity contribution in [1.82, 2.24) is 0 Å². The van der Waals surface area contributed by atoms with Crippen molar-refractivity contribution in [2.45, 2.75) is 24.6 Å². The minimum atomic E-state index is -5.94. The molecule has 0 heterocycles. The third-order valence-corrected chi connectivity index (χ3v) is 2.10. The Morgan fingerprint density at radius 2 is 1.50 bits per heavy atom. The van der Waals surface area contributed by atoms with Crippen LogP contribution >= 0.6 is 8.25 Å². The molecule has 0 saturated heterocycles. The van der Waals surface area contributed by atoms with Gasteiger partial charge in [-0.3, -0.25) is 9.09 Å². The van der Waals surface area contributed by atoms with Gasteiger partial charge in [-0.25, -0.2) is 13.2 Å². The van der Waals surface area contributed by atoms with Crippen LogP contribution in [0.25, 0.3) is 0 Å². The molecule has 3 nitrogen and oxygen atoms in total. The van der Waals surface area contributed by atoms with Crippen LogP contribution in [-0.4, -0.2) is 31.7 Å². The Hall–Kier alpha value is -0.340. The maximum atomic E-state index is 12.4. The fraction of sp³-hybridized carbons (Fsp3) is 1.00. The second-order valence-corrected chi connectivity index (χ2v) is 3.58. The van der Waals surface area contributed by atoms with Gasteiger partial charge in [-0.05, 0) is 0 Å². The van der Waals surface area contributed by atoms with E-state index in [1.165, 1.54) is 0 Å². The molecule has 0 spiro atoms. The molecular weight excluding hydrogens is 272 g/mol. The van der Waals surface area contributed by atoms with E-state index in [0.29, 0.717) is 7.11 Å². The van der Waals surface area contributed by atoms with Crippen LogP contribution in [0.5, 0.6) is 0 Å². The summed E-state index contributed by atoms with van der Waals surface area (Å²) in [6.45, 7) is 0. The molecule has 11 heteroatoms. The molecule has 16 heavy (non-hydrogen) atoms. The quantitative estimate of drug-likeness (QED) is 0.553. The summed E-state index contributed by atoms with van der Waals surface area (Å²) in [6, 6.07) is 0. The molecule has 0 bridgehead atoms. The summed E-state index contributed by atoms with van der Waals surface area (Å²) in [6.07, 6.45) is -8.96. The fourth-order valence-electron chi connectivity index (χ4n) is 0.503. The monoisotopic (exact) mass is 278 g/mol. The lowest BCUT2D eigenvalue weighted by Crippen LogP contribution is -2.52. The molecule has 0 aromatic carbocycles. The van der Waals surface area contributed by atoms with Gasteiger partial charge in [-0.2, -0.15) is 17.6 Å². The second kappa shape index (κ2) is 5.33. The third-order valence-electron chi connectivity index (χ3n) is 1.37.